The number of hydrogen-bond donors (Lipinski definition) is 2. The number of nitrogens with zero attached hydrogens (tertiary/aromatic N) is 1. The Morgan fingerprint density at radius 1 is 1.14 bits per heavy atom. The Bertz CT molecular complexity index is 1580. The van der Waals surface area contributed by atoms with Crippen molar-refractivity contribution in [1.82, 2.24) is 9.88 Å². The average molecular weight is 496 g/mol. The van der Waals surface area contributed by atoms with E-state index in [9.17, 15) is 14.3 Å². The SMILES string of the molecule is CCN/C1=P/c2cc(F)cc(F)c2Oc2ccc(C(C)(C)O)cc2-c2cn(C)c(=O)c3cc1oc23. The molecule has 0 spiro atoms. The molecule has 0 fully saturated rings. The van der Waals surface area contributed by atoms with E-state index in [1.165, 1.54) is 10.6 Å². The number of aryl methyl sites for hydroxylation is 1. The minimum absolute atomic E-state index is 0.117. The standard InChI is InChI=1S/C26H23F2N2O4P/c1-5-29-24-20-11-16-22(34-20)17(12-30(4)25(16)31)15-8-13(26(2,3)32)6-7-19(15)33-23-18(28)9-14(27)10-21(23)35-24/h6-12,29,32H,5H2,1-4H3. The molecule has 6 nitrogen and oxygen atoms in total. The van der Waals surface area contributed by atoms with Crippen molar-refractivity contribution in [2.75, 3.05) is 6.54 Å². The number of aromatic nitrogens is 1. The number of nitrogens with one attached hydrogen (secondary N) is 1. The van der Waals surface area contributed by atoms with Gasteiger partial charge in [-0.05, 0) is 58.4 Å². The quantitative estimate of drug-likeness (QED) is 0.400. The van der Waals surface area contributed by atoms with Gasteiger partial charge >= 0.3 is 0 Å². The molecule has 4 aromatic rings. The van der Waals surface area contributed by atoms with Crippen LogP contribution < -0.4 is 20.9 Å². The van der Waals surface area contributed by atoms with Gasteiger partial charge in [-0.25, -0.2) is 8.78 Å². The number of rotatable bonds is 3. The zero-order valence-corrected chi connectivity index (χ0v) is 20.5. The van der Waals surface area contributed by atoms with E-state index in [0.717, 1.165) is 6.07 Å². The van der Waals surface area contributed by atoms with Gasteiger partial charge in [0, 0.05) is 30.4 Å². The van der Waals surface area contributed by atoms with Crippen molar-refractivity contribution in [3.63, 3.8) is 0 Å². The van der Waals surface area contributed by atoms with Crippen molar-refractivity contribution in [2.45, 2.75) is 26.4 Å². The molecule has 2 aromatic heterocycles. The van der Waals surface area contributed by atoms with E-state index in [0.29, 0.717) is 53.6 Å². The Hall–Kier alpha value is -3.32. The summed E-state index contributed by atoms with van der Waals surface area (Å²) in [7, 11) is 2.04. The topological polar surface area (TPSA) is 76.6 Å². The average Bonchev–Trinajstić information content (AvgIpc) is 3.22. The van der Waals surface area contributed by atoms with E-state index in [4.69, 9.17) is 9.15 Å². The Morgan fingerprint density at radius 3 is 2.63 bits per heavy atom. The summed E-state index contributed by atoms with van der Waals surface area (Å²) in [5, 5.41) is 14.4. The Kier molecular flexibility index (Phi) is 5.63. The number of halogens is 2. The second kappa shape index (κ2) is 8.41. The Morgan fingerprint density at radius 2 is 1.91 bits per heavy atom. The number of pyridine rings is 1. The zero-order valence-electron chi connectivity index (χ0n) is 19.6. The van der Waals surface area contributed by atoms with E-state index in [-0.39, 0.29) is 22.4 Å². The molecular formula is C26H23F2N2O4P. The van der Waals surface area contributed by atoms with Crippen LogP contribution in [0.25, 0.3) is 22.1 Å². The highest BCUT2D eigenvalue weighted by Gasteiger charge is 2.25. The van der Waals surface area contributed by atoms with Gasteiger partial charge in [-0.3, -0.25) is 10.1 Å². The van der Waals surface area contributed by atoms with Crippen LogP contribution in [0.5, 0.6) is 11.5 Å². The van der Waals surface area contributed by atoms with Crippen molar-refractivity contribution >= 4 is 29.9 Å². The summed E-state index contributed by atoms with van der Waals surface area (Å²) < 4.78 is 43.1. The van der Waals surface area contributed by atoms with Crippen LogP contribution in [-0.2, 0) is 12.6 Å². The van der Waals surface area contributed by atoms with Crippen LogP contribution in [-0.4, -0.2) is 21.6 Å². The second-order valence-electron chi connectivity index (χ2n) is 8.91. The van der Waals surface area contributed by atoms with Gasteiger partial charge in [0.2, 0.25) is 0 Å². The predicted molar refractivity (Wildman–Crippen MR) is 133 cm³/mol. The minimum Gasteiger partial charge on any atom is -0.454 e. The summed E-state index contributed by atoms with van der Waals surface area (Å²) >= 11 is 0. The molecule has 0 unspecified atom stereocenters. The van der Waals surface area contributed by atoms with Crippen molar-refractivity contribution in [3.8, 4) is 22.6 Å². The fourth-order valence-electron chi connectivity index (χ4n) is 4.08. The minimum atomic E-state index is -1.17. The van der Waals surface area contributed by atoms with Gasteiger partial charge in [-0.2, -0.15) is 0 Å². The molecule has 3 heterocycles. The zero-order chi connectivity index (χ0) is 25.1. The van der Waals surface area contributed by atoms with Crippen LogP contribution in [0.15, 0.2) is 51.8 Å². The first-order valence-corrected chi connectivity index (χ1v) is 12.0. The maximum absolute atomic E-state index is 15.0. The van der Waals surface area contributed by atoms with Crippen molar-refractivity contribution in [1.29, 1.82) is 0 Å². The highest BCUT2D eigenvalue weighted by molar-refractivity contribution is 7.49. The molecule has 1 aliphatic rings. The number of hydrogen-bond acceptors (Lipinski definition) is 5. The molecule has 0 radical (unpaired) electrons. The number of ether oxygens (including phenoxy) is 1. The fourth-order valence-corrected chi connectivity index (χ4v) is 5.22. The van der Waals surface area contributed by atoms with Gasteiger partial charge in [0.05, 0.1) is 21.7 Å². The van der Waals surface area contributed by atoms with Crippen molar-refractivity contribution in [3.05, 3.63) is 75.9 Å². The van der Waals surface area contributed by atoms with Gasteiger partial charge in [-0.15, -0.1) is 0 Å². The number of fused-ring (bicyclic) bond motifs is 4. The Labute approximate surface area is 201 Å². The first kappa shape index (κ1) is 23.4. The highest BCUT2D eigenvalue weighted by Crippen LogP contribution is 2.41. The van der Waals surface area contributed by atoms with E-state index in [1.54, 1.807) is 51.4 Å². The normalized spacial score (nSPS) is 14.7. The van der Waals surface area contributed by atoms with E-state index in [2.05, 4.69) is 5.32 Å². The third-order valence-electron chi connectivity index (χ3n) is 5.84. The van der Waals surface area contributed by atoms with Crippen molar-refractivity contribution < 1.29 is 23.0 Å². The van der Waals surface area contributed by atoms with E-state index < -0.39 is 17.2 Å². The number of benzene rings is 2. The lowest BCUT2D eigenvalue weighted by Crippen LogP contribution is -2.23. The number of furan rings is 1. The van der Waals surface area contributed by atoms with Crippen molar-refractivity contribution in [2.24, 2.45) is 7.05 Å². The summed E-state index contributed by atoms with van der Waals surface area (Å²) in [4.78, 5) is 13.0. The molecule has 0 atom stereocenters. The molecule has 2 N–H and O–H groups in total. The maximum Gasteiger partial charge on any atom is 0.261 e. The molecule has 2 aromatic carbocycles. The van der Waals surface area contributed by atoms with Gasteiger partial charge < -0.3 is 18.8 Å². The van der Waals surface area contributed by atoms with Gasteiger partial charge in [0.1, 0.15) is 17.1 Å². The fraction of sp³-hybridized carbons (Fsp3) is 0.231. The molecule has 0 saturated heterocycles. The monoisotopic (exact) mass is 496 g/mol. The van der Waals surface area contributed by atoms with Crippen LogP contribution in [0.2, 0.25) is 0 Å². The molecule has 35 heavy (non-hydrogen) atoms. The smallest absolute Gasteiger partial charge is 0.261 e. The third kappa shape index (κ3) is 4.08. The number of aliphatic hydroxyl groups is 1. The highest BCUT2D eigenvalue weighted by atomic mass is 31.1. The molecule has 5 rings (SSSR count). The largest absolute Gasteiger partial charge is 0.454 e. The summed E-state index contributed by atoms with van der Waals surface area (Å²) in [5.74, 6) is -1.05. The van der Waals surface area contributed by atoms with E-state index >= 15 is 4.39 Å². The van der Waals surface area contributed by atoms with Gasteiger partial charge in [0.15, 0.2) is 17.3 Å². The van der Waals surface area contributed by atoms with Gasteiger partial charge in [-0.1, -0.05) is 13.0 Å². The van der Waals surface area contributed by atoms with Crippen LogP contribution in [0.1, 0.15) is 32.1 Å². The third-order valence-corrected chi connectivity index (χ3v) is 7.01. The second-order valence-corrected chi connectivity index (χ2v) is 10.1. The summed E-state index contributed by atoms with van der Waals surface area (Å²) in [6, 6.07) is 8.67. The molecular weight excluding hydrogens is 473 g/mol. The lowest BCUT2D eigenvalue weighted by atomic mass is 9.93. The van der Waals surface area contributed by atoms with E-state index in [1.807, 2.05) is 6.92 Å². The summed E-state index contributed by atoms with van der Waals surface area (Å²) in [6.07, 6.45) is 1.62. The molecule has 1 aliphatic heterocycles. The lowest BCUT2D eigenvalue weighted by molar-refractivity contribution is 0.0786. The predicted octanol–water partition coefficient (Wildman–Crippen LogP) is 4.77. The summed E-state index contributed by atoms with van der Waals surface area (Å²) in [5.41, 5.74) is 1.06. The van der Waals surface area contributed by atoms with Crippen LogP contribution in [0.3, 0.4) is 0 Å². The summed E-state index contributed by atoms with van der Waals surface area (Å²) in [6.45, 7) is 5.71. The van der Waals surface area contributed by atoms with Crippen LogP contribution in [0, 0.1) is 11.6 Å². The molecule has 0 aliphatic carbocycles. The first-order valence-electron chi connectivity index (χ1n) is 11.1. The van der Waals surface area contributed by atoms with Crippen LogP contribution in [0.4, 0.5) is 8.78 Å². The lowest BCUT2D eigenvalue weighted by Gasteiger charge is -2.21. The maximum atomic E-state index is 15.0. The first-order chi connectivity index (χ1) is 16.6. The molecule has 2 bridgehead atoms. The van der Waals surface area contributed by atoms with Gasteiger partial charge in [0.25, 0.3) is 5.56 Å². The molecule has 0 saturated carbocycles. The molecule has 0 amide bonds. The van der Waals surface area contributed by atoms with Crippen LogP contribution >= 0.6 is 8.20 Å². The Balaban J connectivity index is 1.94. The molecule has 9 heteroatoms. The molecule has 180 valence electrons.